The van der Waals surface area contributed by atoms with Crippen molar-refractivity contribution < 1.29 is 4.79 Å². The average molecular weight is 194 g/mol. The van der Waals surface area contributed by atoms with Gasteiger partial charge in [0.1, 0.15) is 0 Å². The molecule has 1 spiro atoms. The van der Waals surface area contributed by atoms with Crippen LogP contribution in [-0.4, -0.2) is 28.6 Å². The van der Waals surface area contributed by atoms with E-state index in [-0.39, 0.29) is 11.7 Å². The van der Waals surface area contributed by atoms with E-state index in [0.717, 1.165) is 12.8 Å². The zero-order valence-electron chi connectivity index (χ0n) is 8.92. The number of nitrogens with zero attached hydrogens (tertiary/aromatic N) is 1. The Hall–Kier alpha value is -0.570. The summed E-state index contributed by atoms with van der Waals surface area (Å²) in [7, 11) is 0. The monoisotopic (exact) mass is 194 g/mol. The van der Waals surface area contributed by atoms with Gasteiger partial charge in [-0.05, 0) is 38.5 Å². The Balaban J connectivity index is 1.82. The maximum atomic E-state index is 12.1. The second-order valence-electron chi connectivity index (χ2n) is 5.24. The van der Waals surface area contributed by atoms with Gasteiger partial charge in [0, 0.05) is 6.04 Å². The molecular weight excluding hydrogens is 176 g/mol. The minimum absolute atomic E-state index is 0.116. The fourth-order valence-electron chi connectivity index (χ4n) is 2.94. The van der Waals surface area contributed by atoms with Crippen LogP contribution >= 0.6 is 0 Å². The Bertz CT molecular complexity index is 285. The molecule has 0 aromatic carbocycles. The summed E-state index contributed by atoms with van der Waals surface area (Å²) in [5, 5.41) is 3.45. The normalized spacial score (nSPS) is 44.3. The van der Waals surface area contributed by atoms with E-state index in [1.807, 2.05) is 0 Å². The Labute approximate surface area is 84.8 Å². The van der Waals surface area contributed by atoms with E-state index in [2.05, 4.69) is 24.1 Å². The van der Waals surface area contributed by atoms with Crippen LogP contribution in [0.3, 0.4) is 0 Å². The molecule has 3 rings (SSSR count). The summed E-state index contributed by atoms with van der Waals surface area (Å²) >= 11 is 0. The third-order valence-electron chi connectivity index (χ3n) is 4.23. The van der Waals surface area contributed by atoms with E-state index in [9.17, 15) is 4.79 Å². The van der Waals surface area contributed by atoms with Crippen molar-refractivity contribution in [1.82, 2.24) is 10.2 Å². The molecule has 3 heteroatoms. The molecule has 0 aromatic rings. The molecule has 1 heterocycles. The lowest BCUT2D eigenvalue weighted by atomic mass is 9.80. The zero-order valence-corrected chi connectivity index (χ0v) is 8.92. The van der Waals surface area contributed by atoms with Gasteiger partial charge in [0.2, 0.25) is 5.91 Å². The van der Waals surface area contributed by atoms with Gasteiger partial charge < -0.3 is 4.90 Å². The average Bonchev–Trinajstić information content (AvgIpc) is 2.86. The molecule has 3 fully saturated rings. The smallest absolute Gasteiger partial charge is 0.244 e. The molecule has 1 saturated heterocycles. The van der Waals surface area contributed by atoms with Crippen LogP contribution in [0.25, 0.3) is 0 Å². The number of rotatable bonds is 1. The van der Waals surface area contributed by atoms with E-state index in [0.29, 0.717) is 17.9 Å². The maximum absolute atomic E-state index is 12.1. The van der Waals surface area contributed by atoms with Gasteiger partial charge in [-0.15, -0.1) is 0 Å². The quantitative estimate of drug-likeness (QED) is 0.678. The Morgan fingerprint density at radius 1 is 1.36 bits per heavy atom. The van der Waals surface area contributed by atoms with Crippen LogP contribution < -0.4 is 5.32 Å². The van der Waals surface area contributed by atoms with E-state index < -0.39 is 0 Å². The molecule has 2 aliphatic carbocycles. The Morgan fingerprint density at radius 3 is 2.43 bits per heavy atom. The Morgan fingerprint density at radius 2 is 2.07 bits per heavy atom. The second kappa shape index (κ2) is 2.51. The van der Waals surface area contributed by atoms with Gasteiger partial charge in [0.25, 0.3) is 0 Å². The molecule has 2 saturated carbocycles. The minimum Gasteiger partial charge on any atom is -0.323 e. The summed E-state index contributed by atoms with van der Waals surface area (Å²) in [4.78, 5) is 14.3. The zero-order chi connectivity index (χ0) is 9.92. The fourth-order valence-corrected chi connectivity index (χ4v) is 2.94. The highest BCUT2D eigenvalue weighted by Gasteiger charge is 2.60. The van der Waals surface area contributed by atoms with Crippen molar-refractivity contribution in [1.29, 1.82) is 0 Å². The van der Waals surface area contributed by atoms with Crippen molar-refractivity contribution in [2.45, 2.75) is 57.3 Å². The van der Waals surface area contributed by atoms with Crippen molar-refractivity contribution in [3.05, 3.63) is 0 Å². The molecule has 3 unspecified atom stereocenters. The molecule has 14 heavy (non-hydrogen) atoms. The van der Waals surface area contributed by atoms with Crippen molar-refractivity contribution in [3.8, 4) is 0 Å². The fraction of sp³-hybridized carbons (Fsp3) is 0.909. The van der Waals surface area contributed by atoms with E-state index in [4.69, 9.17) is 0 Å². The van der Waals surface area contributed by atoms with Crippen molar-refractivity contribution >= 4 is 5.91 Å². The summed E-state index contributed by atoms with van der Waals surface area (Å²) in [6.45, 7) is 4.38. The highest BCUT2D eigenvalue weighted by atomic mass is 16.2. The van der Waals surface area contributed by atoms with Crippen molar-refractivity contribution in [3.63, 3.8) is 0 Å². The lowest BCUT2D eigenvalue weighted by Gasteiger charge is -2.42. The van der Waals surface area contributed by atoms with Gasteiger partial charge in [-0.1, -0.05) is 6.92 Å². The first kappa shape index (κ1) is 8.72. The first-order chi connectivity index (χ1) is 6.64. The van der Waals surface area contributed by atoms with Gasteiger partial charge in [0.05, 0.1) is 11.7 Å². The van der Waals surface area contributed by atoms with Crippen LogP contribution in [0.5, 0.6) is 0 Å². The van der Waals surface area contributed by atoms with Crippen LogP contribution in [0, 0.1) is 5.92 Å². The number of hydrogen-bond acceptors (Lipinski definition) is 2. The molecule has 1 amide bonds. The summed E-state index contributed by atoms with van der Waals surface area (Å²) in [5.74, 6) is 1.08. The molecule has 3 aliphatic rings. The maximum Gasteiger partial charge on any atom is 0.244 e. The second-order valence-corrected chi connectivity index (χ2v) is 5.24. The van der Waals surface area contributed by atoms with Gasteiger partial charge in [-0.3, -0.25) is 10.1 Å². The van der Waals surface area contributed by atoms with Crippen LogP contribution in [0.15, 0.2) is 0 Å². The summed E-state index contributed by atoms with van der Waals surface area (Å²) in [5.41, 5.74) is -0.116. The van der Waals surface area contributed by atoms with Crippen LogP contribution in [0.4, 0.5) is 0 Å². The standard InChI is InChI=1S/C11H18N2O/c1-7-3-4-9(7)13-8(2)12-11(5-6-11)10(13)14/h7-9,12H,3-6H2,1-2H3. The van der Waals surface area contributed by atoms with E-state index in [1.165, 1.54) is 12.8 Å². The van der Waals surface area contributed by atoms with Gasteiger partial charge in [0.15, 0.2) is 0 Å². The topological polar surface area (TPSA) is 32.3 Å². The highest BCUT2D eigenvalue weighted by Crippen LogP contribution is 2.45. The molecule has 1 aliphatic heterocycles. The molecule has 1 N–H and O–H groups in total. The number of amides is 1. The first-order valence-corrected chi connectivity index (χ1v) is 5.74. The molecule has 0 radical (unpaired) electrons. The minimum atomic E-state index is -0.116. The number of nitrogens with one attached hydrogen (secondary N) is 1. The third kappa shape index (κ3) is 0.937. The van der Waals surface area contributed by atoms with Crippen molar-refractivity contribution in [2.24, 2.45) is 5.92 Å². The van der Waals surface area contributed by atoms with Gasteiger partial charge in [-0.25, -0.2) is 0 Å². The first-order valence-electron chi connectivity index (χ1n) is 5.74. The van der Waals surface area contributed by atoms with E-state index >= 15 is 0 Å². The van der Waals surface area contributed by atoms with Crippen LogP contribution in [0.1, 0.15) is 39.5 Å². The SMILES string of the molecule is CC1CCC1N1C(=O)C2(CC2)NC1C. The lowest BCUT2D eigenvalue weighted by molar-refractivity contribution is -0.136. The van der Waals surface area contributed by atoms with E-state index in [1.54, 1.807) is 0 Å². The highest BCUT2D eigenvalue weighted by molar-refractivity contribution is 5.92. The predicted octanol–water partition coefficient (Wildman–Crippen LogP) is 1.10. The number of hydrogen-bond donors (Lipinski definition) is 1. The molecular formula is C11H18N2O. The van der Waals surface area contributed by atoms with Crippen LogP contribution in [-0.2, 0) is 4.79 Å². The summed E-state index contributed by atoms with van der Waals surface area (Å²) < 4.78 is 0. The third-order valence-corrected chi connectivity index (χ3v) is 4.23. The molecule has 0 bridgehead atoms. The van der Waals surface area contributed by atoms with Crippen LogP contribution in [0.2, 0.25) is 0 Å². The largest absolute Gasteiger partial charge is 0.323 e. The predicted molar refractivity (Wildman–Crippen MR) is 53.6 cm³/mol. The molecule has 78 valence electrons. The van der Waals surface area contributed by atoms with Gasteiger partial charge >= 0.3 is 0 Å². The number of carbonyl (C=O) groups excluding carboxylic acids is 1. The molecule has 0 aromatic heterocycles. The number of carbonyl (C=O) groups is 1. The molecule has 3 atom stereocenters. The summed E-state index contributed by atoms with van der Waals surface area (Å²) in [6.07, 6.45) is 4.85. The summed E-state index contributed by atoms with van der Waals surface area (Å²) in [6, 6.07) is 0.518. The molecule has 3 nitrogen and oxygen atoms in total. The Kier molecular flexibility index (Phi) is 1.56. The van der Waals surface area contributed by atoms with Crippen molar-refractivity contribution in [2.75, 3.05) is 0 Å². The lowest BCUT2D eigenvalue weighted by Crippen LogP contribution is -2.51. The van der Waals surface area contributed by atoms with Gasteiger partial charge in [-0.2, -0.15) is 0 Å².